The summed E-state index contributed by atoms with van der Waals surface area (Å²) in [6.45, 7) is 4.52. The van der Waals surface area contributed by atoms with E-state index in [1.54, 1.807) is 0 Å². The van der Waals surface area contributed by atoms with Crippen LogP contribution in [0.1, 0.15) is 96.8 Å². The molecule has 0 spiro atoms. The molecule has 1 rings (SSSR count). The van der Waals surface area contributed by atoms with Crippen LogP contribution in [0.4, 0.5) is 0 Å². The molecule has 4 heteroatoms. The molecule has 0 amide bonds. The smallest absolute Gasteiger partial charge is 0.0976 e. The summed E-state index contributed by atoms with van der Waals surface area (Å²) in [6.07, 6.45) is 22.2. The van der Waals surface area contributed by atoms with Gasteiger partial charge in [0.25, 0.3) is 0 Å². The number of allylic oxidation sites excluding steroid dienone is 2. The highest BCUT2D eigenvalue weighted by Crippen LogP contribution is 2.10. The van der Waals surface area contributed by atoms with Crippen molar-refractivity contribution < 1.29 is 10.2 Å². The van der Waals surface area contributed by atoms with E-state index in [4.69, 9.17) is 0 Å². The minimum absolute atomic E-state index is 0.00545. The van der Waals surface area contributed by atoms with Crippen LogP contribution in [0.2, 0.25) is 0 Å². The lowest BCUT2D eigenvalue weighted by Crippen LogP contribution is -2.41. The Hall–Kier alpha value is -0.420. The Bertz CT molecular complexity index is 349. The number of β-amino-alcohol motifs (C(OH)–C–C–N with tert-alkyl or cyclic N) is 1. The van der Waals surface area contributed by atoms with E-state index in [9.17, 15) is 10.2 Å². The van der Waals surface area contributed by atoms with Crippen molar-refractivity contribution in [2.75, 3.05) is 19.6 Å². The van der Waals surface area contributed by atoms with Crippen molar-refractivity contribution in [3.63, 3.8) is 0 Å². The predicted octanol–water partition coefficient (Wildman–Crippen LogP) is 4.31. The van der Waals surface area contributed by atoms with Gasteiger partial charge < -0.3 is 20.8 Å². The van der Waals surface area contributed by atoms with E-state index in [0.717, 1.165) is 13.1 Å². The second kappa shape index (κ2) is 17.7. The van der Waals surface area contributed by atoms with E-state index in [-0.39, 0.29) is 6.04 Å². The van der Waals surface area contributed by atoms with Crippen molar-refractivity contribution in [2.24, 2.45) is 0 Å². The van der Waals surface area contributed by atoms with Gasteiger partial charge in [-0.15, -0.1) is 0 Å². The number of rotatable bonds is 18. The van der Waals surface area contributed by atoms with Crippen molar-refractivity contribution in [2.45, 2.75) is 115 Å². The van der Waals surface area contributed by atoms with Gasteiger partial charge in [-0.1, -0.05) is 76.9 Å². The summed E-state index contributed by atoms with van der Waals surface area (Å²) in [5.74, 6) is 0. The minimum Gasteiger partial charge on any atom is -0.389 e. The number of aliphatic hydroxyl groups excluding tert-OH is 2. The van der Waals surface area contributed by atoms with E-state index in [1.807, 2.05) is 0 Å². The summed E-state index contributed by atoms with van der Waals surface area (Å²) in [6, 6.07) is -0.00545. The second-order valence-electron chi connectivity index (χ2n) is 8.21. The third kappa shape index (κ3) is 13.4. The van der Waals surface area contributed by atoms with Crippen LogP contribution in [0, 0.1) is 0 Å². The normalized spacial score (nSPS) is 22.9. The molecule has 4 N–H and O–H groups in total. The Balaban J connectivity index is 1.73. The molecule has 3 atom stereocenters. The van der Waals surface area contributed by atoms with Gasteiger partial charge in [0, 0.05) is 19.1 Å². The number of unbranched alkanes of at least 4 members (excludes halogenated alkanes) is 12. The summed E-state index contributed by atoms with van der Waals surface area (Å²) in [5.41, 5.74) is 0. The van der Waals surface area contributed by atoms with E-state index in [0.29, 0.717) is 6.54 Å². The van der Waals surface area contributed by atoms with Crippen LogP contribution in [-0.2, 0) is 0 Å². The summed E-state index contributed by atoms with van der Waals surface area (Å²) in [7, 11) is 0. The van der Waals surface area contributed by atoms with Crippen molar-refractivity contribution in [3.05, 3.63) is 12.2 Å². The maximum absolute atomic E-state index is 9.74. The summed E-state index contributed by atoms with van der Waals surface area (Å²) < 4.78 is 0. The van der Waals surface area contributed by atoms with Gasteiger partial charge in [-0.2, -0.15) is 0 Å². The molecule has 1 aliphatic heterocycles. The molecule has 0 aliphatic carbocycles. The molecule has 0 bridgehead atoms. The average molecular weight is 383 g/mol. The molecule has 0 saturated carbocycles. The Morgan fingerprint density at radius 3 is 1.93 bits per heavy atom. The number of aliphatic hydroxyl groups is 2. The van der Waals surface area contributed by atoms with Crippen LogP contribution < -0.4 is 10.6 Å². The van der Waals surface area contributed by atoms with Crippen molar-refractivity contribution in [1.29, 1.82) is 0 Å². The SMILES string of the molecule is CCCCCCCC/C=C\CCCCCCCCNC[C@H]1NC[C@H](O)[C@@H]1O. The first kappa shape index (κ1) is 24.6. The Morgan fingerprint density at radius 2 is 1.37 bits per heavy atom. The van der Waals surface area contributed by atoms with Crippen LogP contribution in [0.25, 0.3) is 0 Å². The number of nitrogens with one attached hydrogen (secondary N) is 2. The molecule has 1 aliphatic rings. The lowest BCUT2D eigenvalue weighted by atomic mass is 10.1. The standard InChI is InChI=1S/C23H46N2O2/c1-2-3-4-5-6-7-8-9-10-11-12-13-14-15-16-17-18-24-19-21-23(27)22(26)20-25-21/h9-10,21-27H,2-8,11-20H2,1H3/b10-9-/t21-,22+,23-/m1/s1. The molecular weight excluding hydrogens is 336 g/mol. The molecular formula is C23H46N2O2. The molecule has 0 aromatic carbocycles. The van der Waals surface area contributed by atoms with E-state index < -0.39 is 12.2 Å². The van der Waals surface area contributed by atoms with Gasteiger partial charge >= 0.3 is 0 Å². The van der Waals surface area contributed by atoms with Crippen LogP contribution in [0.5, 0.6) is 0 Å². The van der Waals surface area contributed by atoms with Crippen molar-refractivity contribution in [1.82, 2.24) is 10.6 Å². The molecule has 1 heterocycles. The predicted molar refractivity (Wildman–Crippen MR) is 116 cm³/mol. The summed E-state index contributed by atoms with van der Waals surface area (Å²) in [4.78, 5) is 0. The van der Waals surface area contributed by atoms with Gasteiger partial charge in [0.1, 0.15) is 0 Å². The van der Waals surface area contributed by atoms with Crippen LogP contribution >= 0.6 is 0 Å². The Kier molecular flexibility index (Phi) is 16.1. The number of hydrogen-bond acceptors (Lipinski definition) is 4. The van der Waals surface area contributed by atoms with Crippen molar-refractivity contribution in [3.8, 4) is 0 Å². The van der Waals surface area contributed by atoms with Gasteiger partial charge in [-0.05, 0) is 38.6 Å². The zero-order valence-corrected chi connectivity index (χ0v) is 17.8. The summed E-state index contributed by atoms with van der Waals surface area (Å²) in [5, 5.41) is 25.7. The fraction of sp³-hybridized carbons (Fsp3) is 0.913. The zero-order valence-electron chi connectivity index (χ0n) is 17.8. The first-order chi connectivity index (χ1) is 13.3. The fourth-order valence-corrected chi connectivity index (χ4v) is 3.73. The molecule has 160 valence electrons. The zero-order chi connectivity index (χ0) is 19.6. The average Bonchev–Trinajstić information content (AvgIpc) is 2.99. The third-order valence-electron chi connectivity index (χ3n) is 5.63. The minimum atomic E-state index is -0.627. The molecule has 0 radical (unpaired) electrons. The van der Waals surface area contributed by atoms with E-state index >= 15 is 0 Å². The molecule has 4 nitrogen and oxygen atoms in total. The molecule has 0 unspecified atom stereocenters. The maximum Gasteiger partial charge on any atom is 0.0976 e. The lowest BCUT2D eigenvalue weighted by molar-refractivity contribution is 0.0407. The molecule has 1 saturated heterocycles. The molecule has 0 aromatic rings. The quantitative estimate of drug-likeness (QED) is 0.211. The van der Waals surface area contributed by atoms with Crippen LogP contribution in [0.15, 0.2) is 12.2 Å². The van der Waals surface area contributed by atoms with Crippen molar-refractivity contribution >= 4 is 0 Å². The van der Waals surface area contributed by atoms with Gasteiger partial charge in [-0.25, -0.2) is 0 Å². The lowest BCUT2D eigenvalue weighted by Gasteiger charge is -2.16. The molecule has 27 heavy (non-hydrogen) atoms. The van der Waals surface area contributed by atoms with E-state index in [1.165, 1.54) is 89.9 Å². The van der Waals surface area contributed by atoms with E-state index in [2.05, 4.69) is 29.7 Å². The van der Waals surface area contributed by atoms with Gasteiger partial charge in [-0.3, -0.25) is 0 Å². The highest BCUT2D eigenvalue weighted by molar-refractivity contribution is 4.91. The first-order valence-corrected chi connectivity index (χ1v) is 11.7. The Labute approximate surface area is 168 Å². The fourth-order valence-electron chi connectivity index (χ4n) is 3.73. The first-order valence-electron chi connectivity index (χ1n) is 11.7. The van der Waals surface area contributed by atoms with Gasteiger partial charge in [0.2, 0.25) is 0 Å². The summed E-state index contributed by atoms with van der Waals surface area (Å²) >= 11 is 0. The van der Waals surface area contributed by atoms with Gasteiger partial charge in [0.05, 0.1) is 12.2 Å². The van der Waals surface area contributed by atoms with Crippen LogP contribution in [-0.4, -0.2) is 48.1 Å². The van der Waals surface area contributed by atoms with Crippen LogP contribution in [0.3, 0.4) is 0 Å². The largest absolute Gasteiger partial charge is 0.389 e. The number of hydrogen-bond donors (Lipinski definition) is 4. The topological polar surface area (TPSA) is 64.5 Å². The Morgan fingerprint density at radius 1 is 0.815 bits per heavy atom. The monoisotopic (exact) mass is 382 g/mol. The second-order valence-corrected chi connectivity index (χ2v) is 8.21. The molecule has 1 fully saturated rings. The molecule has 0 aromatic heterocycles. The third-order valence-corrected chi connectivity index (χ3v) is 5.63. The van der Waals surface area contributed by atoms with Gasteiger partial charge in [0.15, 0.2) is 0 Å². The highest BCUT2D eigenvalue weighted by atomic mass is 16.3. The maximum atomic E-state index is 9.74. The highest BCUT2D eigenvalue weighted by Gasteiger charge is 2.32.